The van der Waals surface area contributed by atoms with Crippen LogP contribution in [0.4, 0.5) is 5.13 Å². The van der Waals surface area contributed by atoms with Gasteiger partial charge in [-0.2, -0.15) is 0 Å². The van der Waals surface area contributed by atoms with Gasteiger partial charge in [-0.1, -0.05) is 35.2 Å². The maximum atomic E-state index is 12.1. The van der Waals surface area contributed by atoms with Gasteiger partial charge in [0.2, 0.25) is 11.0 Å². The van der Waals surface area contributed by atoms with Crippen molar-refractivity contribution in [2.45, 2.75) is 23.4 Å². The summed E-state index contributed by atoms with van der Waals surface area (Å²) >= 11 is 4.42. The highest BCUT2D eigenvalue weighted by atomic mass is 32.2. The minimum Gasteiger partial charge on any atom is -0.300 e. The number of nitrogens with zero attached hydrogens (tertiary/aromatic N) is 3. The van der Waals surface area contributed by atoms with Crippen LogP contribution in [-0.2, 0) is 4.79 Å². The van der Waals surface area contributed by atoms with Crippen LogP contribution in [-0.4, -0.2) is 26.3 Å². The summed E-state index contributed by atoms with van der Waals surface area (Å²) in [6.07, 6.45) is 0. The molecule has 0 aliphatic rings. The summed E-state index contributed by atoms with van der Waals surface area (Å²) in [6.45, 7) is 3.71. The van der Waals surface area contributed by atoms with Crippen LogP contribution in [0.5, 0.6) is 0 Å². The minimum absolute atomic E-state index is 0.0876. The van der Waals surface area contributed by atoms with E-state index >= 15 is 0 Å². The molecule has 0 aliphatic carbocycles. The third kappa shape index (κ3) is 3.39. The van der Waals surface area contributed by atoms with Gasteiger partial charge in [-0.3, -0.25) is 10.1 Å². The Balaban J connectivity index is 1.67. The topological polar surface area (TPSA) is 67.8 Å². The number of hydrogen-bond donors (Lipinski definition) is 1. The molecule has 0 spiro atoms. The SMILES string of the molecule is Cc1nnc(NC(=O)[C@H](C)Sc2nc3ccccc3s2)s1. The van der Waals surface area contributed by atoms with Crippen molar-refractivity contribution in [3.63, 3.8) is 0 Å². The quantitative estimate of drug-likeness (QED) is 0.738. The zero-order valence-electron chi connectivity index (χ0n) is 11.4. The van der Waals surface area contributed by atoms with Crippen molar-refractivity contribution in [1.29, 1.82) is 0 Å². The molecule has 1 N–H and O–H groups in total. The van der Waals surface area contributed by atoms with Gasteiger partial charge in [-0.05, 0) is 26.0 Å². The number of anilines is 1. The molecule has 1 amide bonds. The van der Waals surface area contributed by atoms with Crippen molar-refractivity contribution in [2.24, 2.45) is 0 Å². The van der Waals surface area contributed by atoms with E-state index in [1.807, 2.05) is 38.1 Å². The van der Waals surface area contributed by atoms with Crippen molar-refractivity contribution >= 4 is 55.7 Å². The molecular formula is C13H12N4OS3. The van der Waals surface area contributed by atoms with E-state index in [2.05, 4.69) is 20.5 Å². The third-order valence-electron chi connectivity index (χ3n) is 2.68. The van der Waals surface area contributed by atoms with Gasteiger partial charge in [0.25, 0.3) is 0 Å². The van der Waals surface area contributed by atoms with E-state index in [1.54, 1.807) is 11.3 Å². The molecule has 21 heavy (non-hydrogen) atoms. The van der Waals surface area contributed by atoms with E-state index in [1.165, 1.54) is 23.1 Å². The van der Waals surface area contributed by atoms with Gasteiger partial charge in [0.15, 0.2) is 4.34 Å². The Morgan fingerprint density at radius 3 is 2.81 bits per heavy atom. The summed E-state index contributed by atoms with van der Waals surface area (Å²) in [7, 11) is 0. The number of benzene rings is 1. The van der Waals surface area contributed by atoms with Crippen molar-refractivity contribution in [3.05, 3.63) is 29.3 Å². The maximum Gasteiger partial charge on any atom is 0.239 e. The van der Waals surface area contributed by atoms with Gasteiger partial charge in [0.1, 0.15) is 5.01 Å². The number of fused-ring (bicyclic) bond motifs is 1. The Morgan fingerprint density at radius 2 is 2.10 bits per heavy atom. The lowest BCUT2D eigenvalue weighted by atomic mass is 10.3. The number of hydrogen-bond acceptors (Lipinski definition) is 7. The fraction of sp³-hybridized carbons (Fsp3) is 0.231. The molecule has 0 saturated carbocycles. The zero-order valence-corrected chi connectivity index (χ0v) is 13.8. The summed E-state index contributed by atoms with van der Waals surface area (Å²) in [4.78, 5) is 16.6. The first-order chi connectivity index (χ1) is 10.1. The van der Waals surface area contributed by atoms with Crippen LogP contribution in [0, 0.1) is 6.92 Å². The molecule has 0 fully saturated rings. The van der Waals surface area contributed by atoms with E-state index in [9.17, 15) is 4.79 Å². The van der Waals surface area contributed by atoms with E-state index in [4.69, 9.17) is 0 Å². The number of carbonyl (C=O) groups excluding carboxylic acids is 1. The summed E-state index contributed by atoms with van der Waals surface area (Å²) < 4.78 is 2.03. The second kappa shape index (κ2) is 6.08. The number of aryl methyl sites for hydroxylation is 1. The van der Waals surface area contributed by atoms with Gasteiger partial charge in [0, 0.05) is 0 Å². The van der Waals surface area contributed by atoms with Crippen LogP contribution in [0.1, 0.15) is 11.9 Å². The van der Waals surface area contributed by atoms with Crippen molar-refractivity contribution in [3.8, 4) is 0 Å². The second-order valence-corrected chi connectivity index (χ2v) is 8.12. The second-order valence-electron chi connectivity index (χ2n) is 4.32. The van der Waals surface area contributed by atoms with E-state index < -0.39 is 0 Å². The predicted octanol–water partition coefficient (Wildman–Crippen LogP) is 3.58. The lowest BCUT2D eigenvalue weighted by Crippen LogP contribution is -2.22. The first-order valence-corrected chi connectivity index (χ1v) is 8.76. The van der Waals surface area contributed by atoms with Crippen LogP contribution in [0.15, 0.2) is 28.6 Å². The monoisotopic (exact) mass is 336 g/mol. The lowest BCUT2D eigenvalue weighted by Gasteiger charge is -2.07. The van der Waals surface area contributed by atoms with Crippen molar-refractivity contribution in [1.82, 2.24) is 15.2 Å². The highest BCUT2D eigenvalue weighted by Crippen LogP contribution is 2.32. The largest absolute Gasteiger partial charge is 0.300 e. The smallest absolute Gasteiger partial charge is 0.239 e. The Hall–Kier alpha value is -1.51. The average Bonchev–Trinajstić information content (AvgIpc) is 3.04. The maximum absolute atomic E-state index is 12.1. The first kappa shape index (κ1) is 14.4. The number of carbonyl (C=O) groups is 1. The van der Waals surface area contributed by atoms with Crippen molar-refractivity contribution < 1.29 is 4.79 Å². The van der Waals surface area contributed by atoms with Gasteiger partial charge in [0.05, 0.1) is 15.5 Å². The third-order valence-corrected chi connectivity index (χ3v) is 5.66. The fourth-order valence-corrected chi connectivity index (χ4v) is 4.47. The highest BCUT2D eigenvalue weighted by molar-refractivity contribution is 8.02. The number of para-hydroxylation sites is 1. The molecule has 108 valence electrons. The molecule has 0 bridgehead atoms. The van der Waals surface area contributed by atoms with Gasteiger partial charge in [-0.25, -0.2) is 4.98 Å². The summed E-state index contributed by atoms with van der Waals surface area (Å²) in [5.74, 6) is -0.0876. The number of thiazole rings is 1. The highest BCUT2D eigenvalue weighted by Gasteiger charge is 2.18. The van der Waals surface area contributed by atoms with Crippen LogP contribution in [0.2, 0.25) is 0 Å². The molecule has 8 heteroatoms. The Morgan fingerprint density at radius 1 is 1.29 bits per heavy atom. The molecule has 0 radical (unpaired) electrons. The lowest BCUT2D eigenvalue weighted by molar-refractivity contribution is -0.115. The van der Waals surface area contributed by atoms with Crippen LogP contribution in [0.25, 0.3) is 10.2 Å². The van der Waals surface area contributed by atoms with Crippen molar-refractivity contribution in [2.75, 3.05) is 5.32 Å². The number of thioether (sulfide) groups is 1. The number of aromatic nitrogens is 3. The minimum atomic E-state index is -0.241. The number of rotatable bonds is 4. The molecule has 3 rings (SSSR count). The van der Waals surface area contributed by atoms with Gasteiger partial charge >= 0.3 is 0 Å². The predicted molar refractivity (Wildman–Crippen MR) is 88.2 cm³/mol. The zero-order chi connectivity index (χ0) is 14.8. The van der Waals surface area contributed by atoms with Gasteiger partial charge in [-0.15, -0.1) is 21.5 Å². The van der Waals surface area contributed by atoms with E-state index in [0.29, 0.717) is 5.13 Å². The molecule has 1 atom stereocenters. The molecule has 0 aliphatic heterocycles. The normalized spacial score (nSPS) is 12.5. The first-order valence-electron chi connectivity index (χ1n) is 6.25. The Kier molecular flexibility index (Phi) is 4.18. The molecule has 1 aromatic carbocycles. The van der Waals surface area contributed by atoms with E-state index in [0.717, 1.165) is 19.6 Å². The molecular weight excluding hydrogens is 324 g/mol. The van der Waals surface area contributed by atoms with Gasteiger partial charge < -0.3 is 0 Å². The summed E-state index contributed by atoms with van der Waals surface area (Å²) in [5, 5.41) is 11.7. The van der Waals surface area contributed by atoms with Crippen LogP contribution >= 0.6 is 34.4 Å². The number of nitrogens with one attached hydrogen (secondary N) is 1. The molecule has 0 unspecified atom stereocenters. The van der Waals surface area contributed by atoms with Crippen LogP contribution in [0.3, 0.4) is 0 Å². The van der Waals surface area contributed by atoms with E-state index in [-0.39, 0.29) is 11.2 Å². The fourth-order valence-electron chi connectivity index (χ4n) is 1.66. The molecule has 2 heterocycles. The standard InChI is InChI=1S/C13H12N4OS3/c1-7(11(18)15-12-17-16-8(2)20-12)19-13-14-9-5-3-4-6-10(9)21-13/h3-7H,1-2H3,(H,15,17,18)/t7-/m0/s1. The Bertz CT molecular complexity index is 749. The average molecular weight is 336 g/mol. The summed E-state index contributed by atoms with van der Waals surface area (Å²) in [6, 6.07) is 7.96. The number of amides is 1. The molecule has 5 nitrogen and oxygen atoms in total. The molecule has 2 aromatic heterocycles. The Labute approximate surface area is 133 Å². The van der Waals surface area contributed by atoms with Crippen LogP contribution < -0.4 is 5.32 Å². The molecule has 3 aromatic rings. The summed E-state index contributed by atoms with van der Waals surface area (Å²) in [5.41, 5.74) is 0.970. The molecule has 0 saturated heterocycles.